The Labute approximate surface area is 147 Å². The average molecular weight is 367 g/mol. The van der Waals surface area contributed by atoms with Gasteiger partial charge in [0, 0.05) is 5.02 Å². The number of aromatic nitrogens is 1. The number of carbonyl (C=O) groups is 1. The summed E-state index contributed by atoms with van der Waals surface area (Å²) in [6.45, 7) is 1.99. The number of anilines is 1. The van der Waals surface area contributed by atoms with Crippen LogP contribution >= 0.6 is 34.5 Å². The van der Waals surface area contributed by atoms with Gasteiger partial charge in [0.1, 0.15) is 11.3 Å². The lowest BCUT2D eigenvalue weighted by Crippen LogP contribution is -2.12. The number of nitrogens with zero attached hydrogens (tertiary/aromatic N) is 1. The number of carbonyl (C=O) groups excluding carboxylic acids is 1. The molecule has 7 heteroatoms. The van der Waals surface area contributed by atoms with Crippen molar-refractivity contribution in [2.75, 3.05) is 12.4 Å². The van der Waals surface area contributed by atoms with Crippen LogP contribution in [-0.2, 0) is 0 Å². The minimum Gasteiger partial charge on any atom is -0.494 e. The molecule has 0 atom stereocenters. The molecule has 2 aromatic carbocycles. The second-order valence-electron chi connectivity index (χ2n) is 4.86. The molecular weight excluding hydrogens is 355 g/mol. The van der Waals surface area contributed by atoms with Crippen LogP contribution in [-0.4, -0.2) is 18.0 Å². The number of aryl methyl sites for hydroxylation is 1. The van der Waals surface area contributed by atoms with Crippen LogP contribution in [0.15, 0.2) is 30.3 Å². The van der Waals surface area contributed by atoms with E-state index >= 15 is 0 Å². The predicted octanol–water partition coefficient (Wildman–Crippen LogP) is 5.17. The maximum absolute atomic E-state index is 12.4. The molecule has 118 valence electrons. The summed E-state index contributed by atoms with van der Waals surface area (Å²) in [5, 5.41) is 4.04. The fourth-order valence-electron chi connectivity index (χ4n) is 2.17. The van der Waals surface area contributed by atoms with Gasteiger partial charge in [-0.1, -0.05) is 40.6 Å². The van der Waals surface area contributed by atoms with Crippen LogP contribution in [0.4, 0.5) is 5.13 Å². The van der Waals surface area contributed by atoms with Crippen LogP contribution in [0, 0.1) is 6.92 Å². The zero-order valence-corrected chi connectivity index (χ0v) is 14.6. The molecule has 3 rings (SSSR count). The van der Waals surface area contributed by atoms with Gasteiger partial charge in [0.25, 0.3) is 5.91 Å². The monoisotopic (exact) mass is 366 g/mol. The van der Waals surface area contributed by atoms with Crippen LogP contribution in [0.5, 0.6) is 5.75 Å². The van der Waals surface area contributed by atoms with E-state index in [9.17, 15) is 4.79 Å². The van der Waals surface area contributed by atoms with Crippen LogP contribution < -0.4 is 10.1 Å². The summed E-state index contributed by atoms with van der Waals surface area (Å²) >= 11 is 13.3. The lowest BCUT2D eigenvalue weighted by molar-refractivity contribution is 0.102. The molecule has 0 aliphatic carbocycles. The highest BCUT2D eigenvalue weighted by Crippen LogP contribution is 2.35. The smallest absolute Gasteiger partial charge is 0.258 e. The molecule has 0 aliphatic rings. The zero-order chi connectivity index (χ0) is 16.6. The van der Waals surface area contributed by atoms with E-state index < -0.39 is 0 Å². The summed E-state index contributed by atoms with van der Waals surface area (Å²) < 4.78 is 6.29. The molecule has 1 N–H and O–H groups in total. The van der Waals surface area contributed by atoms with E-state index in [1.165, 1.54) is 17.4 Å². The third-order valence-electron chi connectivity index (χ3n) is 3.32. The standard InChI is InChI=1S/C16H12Cl2N2O2S/c1-8-3-6-12(22-2)13-14(8)23-16(19-13)20-15(21)10-5-4-9(17)7-11(10)18/h3-7H,1-2H3,(H,19,20,21). The van der Waals surface area contributed by atoms with Gasteiger partial charge in [-0.25, -0.2) is 4.98 Å². The summed E-state index contributed by atoms with van der Waals surface area (Å²) in [5.74, 6) is 0.342. The SMILES string of the molecule is COc1ccc(C)c2sc(NC(=O)c3ccc(Cl)cc3Cl)nc12. The van der Waals surface area contributed by atoms with E-state index in [1.807, 2.05) is 19.1 Å². The molecule has 0 bridgehead atoms. The van der Waals surface area contributed by atoms with E-state index in [4.69, 9.17) is 27.9 Å². The topological polar surface area (TPSA) is 51.2 Å². The number of ether oxygens (including phenoxy) is 1. The van der Waals surface area contributed by atoms with Gasteiger partial charge in [-0.15, -0.1) is 0 Å². The van der Waals surface area contributed by atoms with Crippen LogP contribution in [0.25, 0.3) is 10.2 Å². The lowest BCUT2D eigenvalue weighted by atomic mass is 10.2. The first-order valence-electron chi connectivity index (χ1n) is 6.70. The Kier molecular flexibility index (Phi) is 4.43. The van der Waals surface area contributed by atoms with Gasteiger partial charge >= 0.3 is 0 Å². The Bertz CT molecular complexity index is 908. The van der Waals surface area contributed by atoms with Gasteiger partial charge in [0.2, 0.25) is 0 Å². The van der Waals surface area contributed by atoms with E-state index in [-0.39, 0.29) is 5.91 Å². The quantitative estimate of drug-likeness (QED) is 0.695. The molecule has 1 amide bonds. The number of hydrogen-bond donors (Lipinski definition) is 1. The fourth-order valence-corrected chi connectivity index (χ4v) is 3.61. The number of nitrogens with one attached hydrogen (secondary N) is 1. The minimum absolute atomic E-state index is 0.296. The number of amides is 1. The highest BCUT2D eigenvalue weighted by atomic mass is 35.5. The first kappa shape index (κ1) is 16.1. The van der Waals surface area contributed by atoms with Crippen LogP contribution in [0.3, 0.4) is 0 Å². The molecular formula is C16H12Cl2N2O2S. The highest BCUT2D eigenvalue weighted by Gasteiger charge is 2.15. The second-order valence-corrected chi connectivity index (χ2v) is 6.70. The average Bonchev–Trinajstić information content (AvgIpc) is 2.92. The van der Waals surface area contributed by atoms with E-state index in [0.717, 1.165) is 15.8 Å². The maximum atomic E-state index is 12.4. The molecule has 0 radical (unpaired) electrons. The Morgan fingerprint density at radius 2 is 2.04 bits per heavy atom. The molecule has 0 spiro atoms. The summed E-state index contributed by atoms with van der Waals surface area (Å²) in [4.78, 5) is 16.8. The van der Waals surface area contributed by atoms with Crippen molar-refractivity contribution >= 4 is 55.8 Å². The van der Waals surface area contributed by atoms with Gasteiger partial charge in [-0.3, -0.25) is 10.1 Å². The lowest BCUT2D eigenvalue weighted by Gasteiger charge is -2.04. The predicted molar refractivity (Wildman–Crippen MR) is 95.3 cm³/mol. The third-order valence-corrected chi connectivity index (χ3v) is 4.97. The van der Waals surface area contributed by atoms with Crippen molar-refractivity contribution in [3.05, 3.63) is 51.5 Å². The molecule has 0 unspecified atom stereocenters. The van der Waals surface area contributed by atoms with Crippen molar-refractivity contribution < 1.29 is 9.53 Å². The first-order valence-corrected chi connectivity index (χ1v) is 8.27. The van der Waals surface area contributed by atoms with Crippen molar-refractivity contribution in [2.45, 2.75) is 6.92 Å². The number of thiazole rings is 1. The third kappa shape index (κ3) is 3.13. The molecule has 1 aromatic heterocycles. The van der Waals surface area contributed by atoms with Gasteiger partial charge < -0.3 is 4.74 Å². The van der Waals surface area contributed by atoms with Gasteiger partial charge in [0.15, 0.2) is 5.13 Å². The second kappa shape index (κ2) is 6.35. The number of halogens is 2. The largest absolute Gasteiger partial charge is 0.494 e. The van der Waals surface area contributed by atoms with Crippen molar-refractivity contribution in [3.8, 4) is 5.75 Å². The van der Waals surface area contributed by atoms with Crippen LogP contribution in [0.2, 0.25) is 10.0 Å². The van der Waals surface area contributed by atoms with E-state index in [1.54, 1.807) is 19.2 Å². The molecule has 1 heterocycles. The Balaban J connectivity index is 1.95. The Hall–Kier alpha value is -1.82. The van der Waals surface area contributed by atoms with Gasteiger partial charge in [0.05, 0.1) is 22.4 Å². The first-order chi connectivity index (χ1) is 11.0. The minimum atomic E-state index is -0.331. The maximum Gasteiger partial charge on any atom is 0.258 e. The van der Waals surface area contributed by atoms with Crippen molar-refractivity contribution in [2.24, 2.45) is 0 Å². The molecule has 4 nitrogen and oxygen atoms in total. The molecule has 0 fully saturated rings. The Morgan fingerprint density at radius 3 is 2.74 bits per heavy atom. The number of benzene rings is 2. The number of hydrogen-bond acceptors (Lipinski definition) is 4. The van der Waals surface area contributed by atoms with Crippen molar-refractivity contribution in [1.29, 1.82) is 0 Å². The van der Waals surface area contributed by atoms with Gasteiger partial charge in [-0.05, 0) is 36.8 Å². The van der Waals surface area contributed by atoms with E-state index in [0.29, 0.717) is 26.5 Å². The zero-order valence-electron chi connectivity index (χ0n) is 12.3. The molecule has 0 saturated carbocycles. The molecule has 3 aromatic rings. The number of rotatable bonds is 3. The summed E-state index contributed by atoms with van der Waals surface area (Å²) in [6, 6.07) is 8.55. The summed E-state index contributed by atoms with van der Waals surface area (Å²) in [5.41, 5.74) is 2.15. The van der Waals surface area contributed by atoms with Crippen LogP contribution in [0.1, 0.15) is 15.9 Å². The number of methoxy groups -OCH3 is 1. The molecule has 23 heavy (non-hydrogen) atoms. The summed E-state index contributed by atoms with van der Waals surface area (Å²) in [7, 11) is 1.59. The number of fused-ring (bicyclic) bond motifs is 1. The Morgan fingerprint density at radius 1 is 1.26 bits per heavy atom. The summed E-state index contributed by atoms with van der Waals surface area (Å²) in [6.07, 6.45) is 0. The van der Waals surface area contributed by atoms with Crippen molar-refractivity contribution in [3.63, 3.8) is 0 Å². The van der Waals surface area contributed by atoms with Gasteiger partial charge in [-0.2, -0.15) is 0 Å². The molecule has 0 aliphatic heterocycles. The van der Waals surface area contributed by atoms with E-state index in [2.05, 4.69) is 10.3 Å². The van der Waals surface area contributed by atoms with Crippen molar-refractivity contribution in [1.82, 2.24) is 4.98 Å². The highest BCUT2D eigenvalue weighted by molar-refractivity contribution is 7.22. The molecule has 0 saturated heterocycles. The normalized spacial score (nSPS) is 10.8. The fraction of sp³-hybridized carbons (Fsp3) is 0.125.